The van der Waals surface area contributed by atoms with Crippen molar-refractivity contribution in [2.24, 2.45) is 0 Å². The number of aliphatic hydroxyl groups excluding tert-OH is 1. The molecule has 1 aromatic rings. The van der Waals surface area contributed by atoms with Gasteiger partial charge >= 0.3 is 5.63 Å². The largest absolute Gasteiger partial charge is 0.496 e. The van der Waals surface area contributed by atoms with Gasteiger partial charge in [-0.05, 0) is 19.9 Å². The summed E-state index contributed by atoms with van der Waals surface area (Å²) in [5, 5.41) is 19.7. The van der Waals surface area contributed by atoms with Crippen LogP contribution in [-0.2, 0) is 4.74 Å². The topological polar surface area (TPSA) is 89.1 Å². The summed E-state index contributed by atoms with van der Waals surface area (Å²) in [7, 11) is 1.50. The summed E-state index contributed by atoms with van der Waals surface area (Å²) in [6.45, 7) is 3.44. The van der Waals surface area contributed by atoms with Crippen LogP contribution in [0.2, 0.25) is 0 Å². The molecular formula is C18H22O6. The average molecular weight is 334 g/mol. The van der Waals surface area contributed by atoms with E-state index in [2.05, 4.69) is 0 Å². The molecule has 0 spiro atoms. The molecular weight excluding hydrogens is 312 g/mol. The van der Waals surface area contributed by atoms with Crippen LogP contribution >= 0.6 is 0 Å². The van der Waals surface area contributed by atoms with E-state index >= 15 is 0 Å². The van der Waals surface area contributed by atoms with Crippen molar-refractivity contribution in [2.75, 3.05) is 13.7 Å². The highest BCUT2D eigenvalue weighted by Crippen LogP contribution is 2.25. The van der Waals surface area contributed by atoms with E-state index in [9.17, 15) is 15.0 Å². The highest BCUT2D eigenvalue weighted by molar-refractivity contribution is 5.52. The van der Waals surface area contributed by atoms with Crippen LogP contribution in [0, 0.1) is 6.92 Å². The van der Waals surface area contributed by atoms with Crippen molar-refractivity contribution in [3.05, 3.63) is 58.2 Å². The lowest BCUT2D eigenvalue weighted by atomic mass is 9.99. The quantitative estimate of drug-likeness (QED) is 0.795. The summed E-state index contributed by atoms with van der Waals surface area (Å²) in [6, 6.07) is 1.30. The van der Waals surface area contributed by atoms with Gasteiger partial charge in [0.1, 0.15) is 29.3 Å². The van der Waals surface area contributed by atoms with E-state index in [1.165, 1.54) is 20.1 Å². The van der Waals surface area contributed by atoms with E-state index in [4.69, 9.17) is 13.9 Å². The van der Waals surface area contributed by atoms with Crippen LogP contribution in [0.1, 0.15) is 18.2 Å². The molecule has 1 aliphatic rings. The van der Waals surface area contributed by atoms with E-state index in [1.807, 2.05) is 0 Å². The number of ether oxygens (including phenoxy) is 2. The van der Waals surface area contributed by atoms with Gasteiger partial charge in [0.05, 0.1) is 19.8 Å². The maximum absolute atomic E-state index is 11.4. The van der Waals surface area contributed by atoms with Crippen LogP contribution in [0.5, 0.6) is 5.75 Å². The standard InChI is InChI=1S/C18H22O6/c1-12-13(24-16(19)10-15(12)22-3)8-6-4-5-7-9-14-17(20)18(2,21)11-23-14/h4-10,14,17,20-21H,11H2,1-3H3/t14-,17+,18-/m1/s1. The second kappa shape index (κ2) is 7.61. The Kier molecular flexibility index (Phi) is 5.77. The Bertz CT molecular complexity index is 711. The molecule has 1 aliphatic heterocycles. The fourth-order valence-corrected chi connectivity index (χ4v) is 2.32. The number of methoxy groups -OCH3 is 1. The molecule has 0 saturated carbocycles. The van der Waals surface area contributed by atoms with Crippen LogP contribution in [0.15, 0.2) is 45.7 Å². The van der Waals surface area contributed by atoms with E-state index in [-0.39, 0.29) is 6.61 Å². The van der Waals surface area contributed by atoms with Gasteiger partial charge in [-0.1, -0.05) is 30.4 Å². The van der Waals surface area contributed by atoms with Gasteiger partial charge in [-0.3, -0.25) is 0 Å². The number of hydrogen-bond acceptors (Lipinski definition) is 6. The van der Waals surface area contributed by atoms with Crippen LogP contribution in [-0.4, -0.2) is 41.7 Å². The van der Waals surface area contributed by atoms with E-state index in [0.29, 0.717) is 11.5 Å². The average Bonchev–Trinajstić information content (AvgIpc) is 2.80. The summed E-state index contributed by atoms with van der Waals surface area (Å²) in [5.41, 5.74) is -0.956. The molecule has 0 bridgehead atoms. The zero-order valence-electron chi connectivity index (χ0n) is 13.9. The third-order valence-electron chi connectivity index (χ3n) is 3.82. The summed E-state index contributed by atoms with van der Waals surface area (Å²) in [4.78, 5) is 11.4. The van der Waals surface area contributed by atoms with Crippen molar-refractivity contribution < 1.29 is 24.1 Å². The first-order chi connectivity index (χ1) is 11.3. The monoisotopic (exact) mass is 334 g/mol. The van der Waals surface area contributed by atoms with Crippen molar-refractivity contribution in [1.82, 2.24) is 0 Å². The van der Waals surface area contributed by atoms with Crippen molar-refractivity contribution in [2.45, 2.75) is 31.7 Å². The van der Waals surface area contributed by atoms with Crippen LogP contribution in [0.25, 0.3) is 6.08 Å². The van der Waals surface area contributed by atoms with Crippen LogP contribution < -0.4 is 10.4 Å². The molecule has 0 unspecified atom stereocenters. The first-order valence-corrected chi connectivity index (χ1v) is 7.57. The number of allylic oxidation sites excluding steroid dienone is 4. The molecule has 6 nitrogen and oxygen atoms in total. The van der Waals surface area contributed by atoms with Crippen molar-refractivity contribution in [3.8, 4) is 5.75 Å². The molecule has 1 fully saturated rings. The van der Waals surface area contributed by atoms with Gasteiger partial charge in [-0.15, -0.1) is 0 Å². The van der Waals surface area contributed by atoms with Crippen molar-refractivity contribution >= 4 is 6.08 Å². The third kappa shape index (κ3) is 4.23. The van der Waals surface area contributed by atoms with Crippen molar-refractivity contribution in [1.29, 1.82) is 0 Å². The summed E-state index contributed by atoms with van der Waals surface area (Å²) in [6.07, 6.45) is 8.77. The molecule has 1 saturated heterocycles. The minimum absolute atomic E-state index is 0.0982. The second-order valence-electron chi connectivity index (χ2n) is 5.83. The Morgan fingerprint density at radius 1 is 1.33 bits per heavy atom. The predicted molar refractivity (Wildman–Crippen MR) is 90.0 cm³/mol. The molecule has 130 valence electrons. The summed E-state index contributed by atoms with van der Waals surface area (Å²) in [5.74, 6) is 0.910. The molecule has 2 heterocycles. The zero-order valence-corrected chi connectivity index (χ0v) is 13.9. The molecule has 1 aromatic heterocycles. The Labute approximate surface area is 140 Å². The Balaban J connectivity index is 1.98. The summed E-state index contributed by atoms with van der Waals surface area (Å²) >= 11 is 0. The minimum atomic E-state index is -1.22. The molecule has 24 heavy (non-hydrogen) atoms. The Hall–Kier alpha value is -2.15. The van der Waals surface area contributed by atoms with Gasteiger partial charge in [0, 0.05) is 5.56 Å². The molecule has 2 N–H and O–H groups in total. The van der Waals surface area contributed by atoms with Gasteiger partial charge < -0.3 is 24.1 Å². The lowest BCUT2D eigenvalue weighted by Crippen LogP contribution is -2.40. The predicted octanol–water partition coefficient (Wildman–Crippen LogP) is 1.59. The van der Waals surface area contributed by atoms with E-state index in [1.54, 1.807) is 43.4 Å². The molecule has 0 radical (unpaired) electrons. The SMILES string of the molecule is COc1cc(=O)oc(C=CC=CC=C[C@H]2OC[C@@](C)(O)[C@H]2O)c1C. The molecule has 3 atom stereocenters. The molecule has 0 aromatic carbocycles. The van der Waals surface area contributed by atoms with Crippen molar-refractivity contribution in [3.63, 3.8) is 0 Å². The highest BCUT2D eigenvalue weighted by atomic mass is 16.5. The second-order valence-corrected chi connectivity index (χ2v) is 5.83. The first kappa shape index (κ1) is 18.2. The maximum atomic E-state index is 11.4. The lowest BCUT2D eigenvalue weighted by molar-refractivity contribution is -0.0315. The van der Waals surface area contributed by atoms with Gasteiger partial charge in [0.15, 0.2) is 0 Å². The smallest absolute Gasteiger partial charge is 0.339 e. The van der Waals surface area contributed by atoms with Gasteiger partial charge in [0.2, 0.25) is 0 Å². The maximum Gasteiger partial charge on any atom is 0.339 e. The van der Waals surface area contributed by atoms with E-state index < -0.39 is 23.4 Å². The van der Waals surface area contributed by atoms with Crippen LogP contribution in [0.3, 0.4) is 0 Å². The number of hydrogen-bond donors (Lipinski definition) is 2. The number of rotatable bonds is 5. The molecule has 2 rings (SSSR count). The molecule has 0 amide bonds. The van der Waals surface area contributed by atoms with Gasteiger partial charge in [-0.2, -0.15) is 0 Å². The fourth-order valence-electron chi connectivity index (χ4n) is 2.32. The molecule has 6 heteroatoms. The Morgan fingerprint density at radius 2 is 2.04 bits per heavy atom. The summed E-state index contributed by atoms with van der Waals surface area (Å²) < 4.78 is 15.5. The van der Waals surface area contributed by atoms with Gasteiger partial charge in [-0.25, -0.2) is 4.79 Å². The first-order valence-electron chi connectivity index (χ1n) is 7.57. The fraction of sp³-hybridized carbons (Fsp3) is 0.389. The zero-order chi connectivity index (χ0) is 17.7. The normalized spacial score (nSPS) is 27.7. The minimum Gasteiger partial charge on any atom is -0.496 e. The molecule has 0 aliphatic carbocycles. The Morgan fingerprint density at radius 3 is 2.67 bits per heavy atom. The third-order valence-corrected chi connectivity index (χ3v) is 3.82. The van der Waals surface area contributed by atoms with Crippen LogP contribution in [0.4, 0.5) is 0 Å². The number of aliphatic hydroxyl groups is 2. The van der Waals surface area contributed by atoms with E-state index in [0.717, 1.165) is 5.56 Å². The van der Waals surface area contributed by atoms with Gasteiger partial charge in [0.25, 0.3) is 0 Å². The lowest BCUT2D eigenvalue weighted by Gasteiger charge is -2.19. The highest BCUT2D eigenvalue weighted by Gasteiger charge is 2.42.